The summed E-state index contributed by atoms with van der Waals surface area (Å²) in [5, 5.41) is 0. The van der Waals surface area contributed by atoms with Gasteiger partial charge in [0.25, 0.3) is 0 Å². The number of nitrogens with zero attached hydrogens (tertiary/aromatic N) is 3. The second kappa shape index (κ2) is 3.48. The zero-order valence-electron chi connectivity index (χ0n) is 10.0. The normalized spacial score (nSPS) is 20.7. The van der Waals surface area contributed by atoms with Gasteiger partial charge < -0.3 is 0 Å². The van der Waals surface area contributed by atoms with Gasteiger partial charge in [0.2, 0.25) is 0 Å². The molecule has 20 heavy (non-hydrogen) atoms. The Balaban J connectivity index is 1.88. The van der Waals surface area contributed by atoms with Crippen LogP contribution in [0.2, 0.25) is 0 Å². The molecule has 4 rings (SSSR count). The molecule has 8 heteroatoms. The van der Waals surface area contributed by atoms with Crippen LogP contribution in [-0.2, 0) is 0 Å². The molecule has 0 bridgehead atoms. The molecule has 1 spiro atoms. The molecule has 100 valence electrons. The van der Waals surface area contributed by atoms with Crippen LogP contribution in [0.4, 0.5) is 0 Å². The van der Waals surface area contributed by atoms with Gasteiger partial charge in [-0.15, -0.1) is 0 Å². The first kappa shape index (κ1) is 11.2. The predicted octanol–water partition coefficient (Wildman–Crippen LogP) is 4.37. The standard InChI is InChI=1S/C12H8N3O4P/c13-14-15-20(16-9-5-1-2-6-10(9)17-20)18-11-7-3-4-8-12(11)19-20/h1-8H. The molecule has 0 amide bonds. The Morgan fingerprint density at radius 3 is 1.40 bits per heavy atom. The van der Waals surface area contributed by atoms with Crippen molar-refractivity contribution in [3.05, 3.63) is 59.0 Å². The van der Waals surface area contributed by atoms with Gasteiger partial charge in [-0.1, -0.05) is 0 Å². The first-order chi connectivity index (χ1) is 9.72. The second-order valence-corrected chi connectivity index (χ2v) is 6.67. The van der Waals surface area contributed by atoms with Crippen LogP contribution in [0.5, 0.6) is 23.0 Å². The fraction of sp³-hybridized carbons (Fsp3) is 0. The number of rotatable bonds is 1. The van der Waals surface area contributed by atoms with Crippen LogP contribution in [0.15, 0.2) is 53.4 Å². The Morgan fingerprint density at radius 2 is 1.10 bits per heavy atom. The monoisotopic (exact) mass is 289 g/mol. The summed E-state index contributed by atoms with van der Waals surface area (Å²) in [6.07, 6.45) is 0. The van der Waals surface area contributed by atoms with E-state index in [9.17, 15) is 0 Å². The Bertz CT molecular complexity index is 662. The van der Waals surface area contributed by atoms with Gasteiger partial charge in [-0.25, -0.2) is 0 Å². The summed E-state index contributed by atoms with van der Waals surface area (Å²) < 4.78 is 22.8. The first-order valence-corrected chi connectivity index (χ1v) is 7.66. The molecule has 0 aromatic heterocycles. The van der Waals surface area contributed by atoms with Crippen LogP contribution in [0, 0.1) is 0 Å². The molecule has 0 radical (unpaired) electrons. The first-order valence-electron chi connectivity index (χ1n) is 5.80. The van der Waals surface area contributed by atoms with Crippen molar-refractivity contribution in [2.24, 2.45) is 4.88 Å². The van der Waals surface area contributed by atoms with E-state index in [0.29, 0.717) is 23.0 Å². The molecular weight excluding hydrogens is 281 g/mol. The summed E-state index contributed by atoms with van der Waals surface area (Å²) >= 11 is 0. The quantitative estimate of drug-likeness (QED) is 0.337. The third-order valence-electron chi connectivity index (χ3n) is 2.89. The molecule has 0 unspecified atom stereocenters. The number of azide groups is 1. The molecule has 0 saturated heterocycles. The Kier molecular flexibility index (Phi) is 1.95. The number of hydrogen-bond acceptors (Lipinski definition) is 5. The maximum absolute atomic E-state index is 8.88. The number of benzene rings is 2. The van der Waals surface area contributed by atoms with Crippen molar-refractivity contribution < 1.29 is 18.1 Å². The molecule has 0 aliphatic carbocycles. The van der Waals surface area contributed by atoms with E-state index in [2.05, 4.69) is 9.80 Å². The SMILES string of the molecule is [N-]=[N+]=NP12(Oc3ccccc3O1)Oc1ccccc1O2. The average Bonchev–Trinajstić information content (AvgIpc) is 2.93. The Morgan fingerprint density at radius 1 is 0.750 bits per heavy atom. The van der Waals surface area contributed by atoms with Crippen molar-refractivity contribution in [3.63, 3.8) is 0 Å². The summed E-state index contributed by atoms with van der Waals surface area (Å²) in [6, 6.07) is 13.9. The molecule has 2 heterocycles. The van der Waals surface area contributed by atoms with E-state index >= 15 is 0 Å². The Hall–Kier alpha value is -2.62. The van der Waals surface area contributed by atoms with Gasteiger partial charge in [-0.05, 0) is 0 Å². The second-order valence-electron chi connectivity index (χ2n) is 4.21. The molecule has 7 nitrogen and oxygen atoms in total. The van der Waals surface area contributed by atoms with Gasteiger partial charge in [-0.2, -0.15) is 0 Å². The van der Waals surface area contributed by atoms with Crippen LogP contribution in [0.1, 0.15) is 0 Å². The third kappa shape index (κ3) is 1.36. The molecule has 0 N–H and O–H groups in total. The van der Waals surface area contributed by atoms with Gasteiger partial charge >= 0.3 is 113 Å². The topological polar surface area (TPSA) is 85.7 Å². The van der Waals surface area contributed by atoms with Gasteiger partial charge in [0.15, 0.2) is 0 Å². The number of para-hydroxylation sites is 4. The van der Waals surface area contributed by atoms with Crippen LogP contribution in [0.3, 0.4) is 0 Å². The van der Waals surface area contributed by atoms with Gasteiger partial charge in [0.05, 0.1) is 0 Å². The van der Waals surface area contributed by atoms with E-state index in [4.69, 9.17) is 23.6 Å². The summed E-state index contributed by atoms with van der Waals surface area (Å²) in [4.78, 5) is 6.43. The van der Waals surface area contributed by atoms with Crippen LogP contribution in [-0.4, -0.2) is 0 Å². The Labute approximate surface area is 113 Å². The third-order valence-corrected chi connectivity index (χ3v) is 5.27. The minimum atomic E-state index is -4.41. The van der Waals surface area contributed by atoms with E-state index in [1.807, 2.05) is 0 Å². The predicted molar refractivity (Wildman–Crippen MR) is 71.5 cm³/mol. The van der Waals surface area contributed by atoms with E-state index in [1.54, 1.807) is 48.5 Å². The fourth-order valence-electron chi connectivity index (χ4n) is 2.11. The van der Waals surface area contributed by atoms with Crippen LogP contribution in [0.25, 0.3) is 10.4 Å². The molecule has 2 aromatic carbocycles. The molecule has 2 aliphatic rings. The van der Waals surface area contributed by atoms with Crippen LogP contribution >= 0.6 is 7.66 Å². The molecular formula is C12H8N3O4P. The summed E-state index contributed by atoms with van der Waals surface area (Å²) in [5.41, 5.74) is 8.88. The van der Waals surface area contributed by atoms with E-state index in [0.717, 1.165) is 0 Å². The zero-order valence-corrected chi connectivity index (χ0v) is 10.9. The zero-order chi connectivity index (χ0) is 13.7. The van der Waals surface area contributed by atoms with Crippen LogP contribution < -0.4 is 18.1 Å². The van der Waals surface area contributed by atoms with Gasteiger partial charge in [0, 0.05) is 0 Å². The summed E-state index contributed by atoms with van der Waals surface area (Å²) in [7, 11) is -4.41. The molecule has 0 saturated carbocycles. The van der Waals surface area contributed by atoms with Crippen molar-refractivity contribution in [1.82, 2.24) is 0 Å². The van der Waals surface area contributed by atoms with E-state index < -0.39 is 7.66 Å². The molecule has 0 atom stereocenters. The van der Waals surface area contributed by atoms with E-state index in [-0.39, 0.29) is 0 Å². The van der Waals surface area contributed by atoms with Crippen molar-refractivity contribution in [1.29, 1.82) is 0 Å². The molecule has 2 aromatic rings. The van der Waals surface area contributed by atoms with Crippen molar-refractivity contribution >= 4 is 7.66 Å². The number of fused-ring (bicyclic) bond motifs is 2. The minimum absolute atomic E-state index is 0.422. The maximum atomic E-state index is 8.88. The number of hydrogen-bond donors (Lipinski definition) is 0. The molecule has 0 fully saturated rings. The summed E-state index contributed by atoms with van der Waals surface area (Å²) in [6.45, 7) is 0. The van der Waals surface area contributed by atoms with E-state index in [1.165, 1.54) is 0 Å². The van der Waals surface area contributed by atoms with Crippen molar-refractivity contribution in [3.8, 4) is 23.0 Å². The van der Waals surface area contributed by atoms with Crippen molar-refractivity contribution in [2.45, 2.75) is 0 Å². The van der Waals surface area contributed by atoms with Gasteiger partial charge in [-0.3, -0.25) is 0 Å². The summed E-state index contributed by atoms with van der Waals surface area (Å²) in [5.74, 6) is 1.69. The fourth-order valence-corrected chi connectivity index (χ4v) is 4.53. The molecule has 2 aliphatic heterocycles. The van der Waals surface area contributed by atoms with Crippen molar-refractivity contribution in [2.75, 3.05) is 0 Å². The van der Waals surface area contributed by atoms with Gasteiger partial charge in [0.1, 0.15) is 0 Å². The average molecular weight is 289 g/mol.